The molecule has 0 aromatic carbocycles. The van der Waals surface area contributed by atoms with Gasteiger partial charge in [-0.2, -0.15) is 4.98 Å². The van der Waals surface area contributed by atoms with Crippen molar-refractivity contribution in [2.45, 2.75) is 24.9 Å². The Morgan fingerprint density at radius 3 is 3.00 bits per heavy atom. The van der Waals surface area contributed by atoms with Gasteiger partial charge in [-0.25, -0.2) is 9.18 Å². The van der Waals surface area contributed by atoms with E-state index in [9.17, 15) is 14.3 Å². The third-order valence-corrected chi connectivity index (χ3v) is 2.63. The standard InChI is InChI=1S/C9H12FN3O4/c10-4-2-13(9(16)12-8(4)11)7-1-5(15)6(3-14)17-7/h2,5-7,14-15H,1,3H2,(H2,11,12,16)/t5-,6+,7-/m1/s1. The molecule has 94 valence electrons. The molecule has 1 fully saturated rings. The summed E-state index contributed by atoms with van der Waals surface area (Å²) in [6.45, 7) is -0.378. The van der Waals surface area contributed by atoms with Gasteiger partial charge in [0.2, 0.25) is 0 Å². The third-order valence-electron chi connectivity index (χ3n) is 2.63. The lowest BCUT2D eigenvalue weighted by atomic mass is 10.2. The Balaban J connectivity index is 2.30. The van der Waals surface area contributed by atoms with Crippen molar-refractivity contribution in [2.24, 2.45) is 0 Å². The maximum Gasteiger partial charge on any atom is 0.351 e. The van der Waals surface area contributed by atoms with Crippen LogP contribution in [0.25, 0.3) is 0 Å². The van der Waals surface area contributed by atoms with Gasteiger partial charge >= 0.3 is 5.69 Å². The number of ether oxygens (including phenoxy) is 1. The normalized spacial score (nSPS) is 28.5. The van der Waals surface area contributed by atoms with E-state index in [-0.39, 0.29) is 13.0 Å². The molecule has 1 aromatic rings. The first kappa shape index (κ1) is 12.0. The van der Waals surface area contributed by atoms with Crippen LogP contribution in [0.1, 0.15) is 12.6 Å². The van der Waals surface area contributed by atoms with Gasteiger partial charge in [0, 0.05) is 6.42 Å². The molecule has 0 aliphatic carbocycles. The summed E-state index contributed by atoms with van der Waals surface area (Å²) in [6.07, 6.45) is -1.58. The van der Waals surface area contributed by atoms with Crippen molar-refractivity contribution in [1.82, 2.24) is 9.55 Å². The van der Waals surface area contributed by atoms with Crippen LogP contribution in [0.15, 0.2) is 11.0 Å². The van der Waals surface area contributed by atoms with Crippen LogP contribution < -0.4 is 11.4 Å². The molecule has 0 spiro atoms. The van der Waals surface area contributed by atoms with Crippen molar-refractivity contribution < 1.29 is 19.3 Å². The van der Waals surface area contributed by atoms with Crippen molar-refractivity contribution >= 4 is 5.82 Å². The fourth-order valence-corrected chi connectivity index (χ4v) is 1.71. The first-order valence-electron chi connectivity index (χ1n) is 5.01. The molecule has 17 heavy (non-hydrogen) atoms. The first-order valence-corrected chi connectivity index (χ1v) is 5.01. The molecular formula is C9H12FN3O4. The molecule has 0 saturated carbocycles. The van der Waals surface area contributed by atoms with E-state index in [0.717, 1.165) is 10.8 Å². The summed E-state index contributed by atoms with van der Waals surface area (Å²) >= 11 is 0. The lowest BCUT2D eigenvalue weighted by Gasteiger charge is -2.14. The van der Waals surface area contributed by atoms with E-state index in [0.29, 0.717) is 0 Å². The Bertz CT molecular complexity index is 478. The first-order chi connectivity index (χ1) is 8.02. The van der Waals surface area contributed by atoms with Gasteiger partial charge in [0.15, 0.2) is 11.6 Å². The van der Waals surface area contributed by atoms with Crippen LogP contribution in [-0.4, -0.2) is 38.6 Å². The molecule has 8 heteroatoms. The molecule has 2 heterocycles. The molecule has 0 unspecified atom stereocenters. The number of halogens is 1. The second-order valence-electron chi connectivity index (χ2n) is 3.78. The van der Waals surface area contributed by atoms with Crippen LogP contribution in [0.3, 0.4) is 0 Å². The van der Waals surface area contributed by atoms with E-state index in [1.54, 1.807) is 0 Å². The van der Waals surface area contributed by atoms with E-state index in [1.165, 1.54) is 0 Å². The van der Waals surface area contributed by atoms with Gasteiger partial charge < -0.3 is 20.7 Å². The van der Waals surface area contributed by atoms with Gasteiger partial charge in [0.1, 0.15) is 12.3 Å². The summed E-state index contributed by atoms with van der Waals surface area (Å²) < 4.78 is 19.3. The number of anilines is 1. The Kier molecular flexibility index (Phi) is 3.09. The third kappa shape index (κ3) is 2.14. The van der Waals surface area contributed by atoms with Gasteiger partial charge in [0.25, 0.3) is 0 Å². The highest BCUT2D eigenvalue weighted by Gasteiger charge is 2.35. The van der Waals surface area contributed by atoms with Crippen molar-refractivity contribution in [1.29, 1.82) is 0 Å². The van der Waals surface area contributed by atoms with Crippen LogP contribution in [0.2, 0.25) is 0 Å². The predicted molar refractivity (Wildman–Crippen MR) is 54.5 cm³/mol. The molecule has 1 saturated heterocycles. The minimum atomic E-state index is -0.905. The minimum Gasteiger partial charge on any atom is -0.394 e. The smallest absolute Gasteiger partial charge is 0.351 e. The Morgan fingerprint density at radius 2 is 2.41 bits per heavy atom. The van der Waals surface area contributed by atoms with Gasteiger partial charge in [-0.05, 0) is 0 Å². The minimum absolute atomic E-state index is 0.0795. The number of nitrogens with zero attached hydrogens (tertiary/aromatic N) is 2. The largest absolute Gasteiger partial charge is 0.394 e. The summed E-state index contributed by atoms with van der Waals surface area (Å²) in [4.78, 5) is 14.7. The zero-order valence-corrected chi connectivity index (χ0v) is 8.78. The molecule has 0 bridgehead atoms. The predicted octanol–water partition coefficient (Wildman–Crippen LogP) is -1.39. The quantitative estimate of drug-likeness (QED) is 0.591. The Hall–Kier alpha value is -1.51. The molecule has 1 aromatic heterocycles. The SMILES string of the molecule is Nc1nc(=O)n([C@H]2C[C@@H](O)[C@H](CO)O2)cc1F. The van der Waals surface area contributed by atoms with Crippen molar-refractivity contribution in [3.8, 4) is 0 Å². The number of rotatable bonds is 2. The maximum absolute atomic E-state index is 13.2. The number of nitrogen functional groups attached to an aromatic ring is 1. The number of aromatic nitrogens is 2. The molecule has 1 aliphatic rings. The second kappa shape index (κ2) is 4.40. The fourth-order valence-electron chi connectivity index (χ4n) is 1.71. The molecule has 1 aliphatic heterocycles. The maximum atomic E-state index is 13.2. The summed E-state index contributed by atoms with van der Waals surface area (Å²) in [5.41, 5.74) is 4.38. The zero-order valence-electron chi connectivity index (χ0n) is 8.78. The van der Waals surface area contributed by atoms with Crippen molar-refractivity contribution in [3.05, 3.63) is 22.5 Å². The van der Waals surface area contributed by atoms with Crippen LogP contribution in [0.4, 0.5) is 10.2 Å². The molecule has 0 radical (unpaired) electrons. The molecule has 2 rings (SSSR count). The number of hydrogen-bond donors (Lipinski definition) is 3. The topological polar surface area (TPSA) is 111 Å². The Labute approximate surface area is 95.3 Å². The molecule has 3 atom stereocenters. The van der Waals surface area contributed by atoms with Crippen LogP contribution in [-0.2, 0) is 4.74 Å². The van der Waals surface area contributed by atoms with Gasteiger partial charge in [-0.3, -0.25) is 4.57 Å². The summed E-state index contributed by atoms with van der Waals surface area (Å²) in [5, 5.41) is 18.4. The van der Waals surface area contributed by atoms with E-state index >= 15 is 0 Å². The average Bonchev–Trinajstić information content (AvgIpc) is 2.65. The second-order valence-corrected chi connectivity index (χ2v) is 3.78. The van der Waals surface area contributed by atoms with Gasteiger partial charge in [-0.1, -0.05) is 0 Å². The lowest BCUT2D eigenvalue weighted by molar-refractivity contribution is -0.0461. The summed E-state index contributed by atoms with van der Waals surface area (Å²) in [7, 11) is 0. The van der Waals surface area contributed by atoms with Crippen LogP contribution in [0.5, 0.6) is 0 Å². The van der Waals surface area contributed by atoms with Crippen LogP contribution in [0, 0.1) is 5.82 Å². The lowest BCUT2D eigenvalue weighted by Crippen LogP contribution is -2.29. The molecule has 4 N–H and O–H groups in total. The highest BCUT2D eigenvalue weighted by molar-refractivity contribution is 5.26. The average molecular weight is 245 g/mol. The molecule has 0 amide bonds. The molecule has 7 nitrogen and oxygen atoms in total. The highest BCUT2D eigenvalue weighted by atomic mass is 19.1. The van der Waals surface area contributed by atoms with Gasteiger partial charge in [0.05, 0.1) is 18.9 Å². The Morgan fingerprint density at radius 1 is 1.71 bits per heavy atom. The van der Waals surface area contributed by atoms with Crippen molar-refractivity contribution in [3.63, 3.8) is 0 Å². The van der Waals surface area contributed by atoms with Gasteiger partial charge in [-0.15, -0.1) is 0 Å². The summed E-state index contributed by atoms with van der Waals surface area (Å²) in [5.74, 6) is -1.32. The highest BCUT2D eigenvalue weighted by Crippen LogP contribution is 2.27. The number of aliphatic hydroxyl groups excluding tert-OH is 2. The number of aliphatic hydroxyl groups is 2. The fraction of sp³-hybridized carbons (Fsp3) is 0.556. The number of nitrogens with two attached hydrogens (primary N) is 1. The van der Waals surface area contributed by atoms with E-state index in [4.69, 9.17) is 15.6 Å². The van der Waals surface area contributed by atoms with E-state index < -0.39 is 35.8 Å². The summed E-state index contributed by atoms with van der Waals surface area (Å²) in [6, 6.07) is 0. The molecular weight excluding hydrogens is 233 g/mol. The van der Waals surface area contributed by atoms with E-state index in [2.05, 4.69) is 4.98 Å². The zero-order chi connectivity index (χ0) is 12.6. The number of hydrogen-bond acceptors (Lipinski definition) is 6. The van der Waals surface area contributed by atoms with Crippen LogP contribution >= 0.6 is 0 Å². The monoisotopic (exact) mass is 245 g/mol. The van der Waals surface area contributed by atoms with E-state index in [1.807, 2.05) is 0 Å². The van der Waals surface area contributed by atoms with Crippen molar-refractivity contribution in [2.75, 3.05) is 12.3 Å².